The van der Waals surface area contributed by atoms with Crippen molar-refractivity contribution in [1.82, 2.24) is 0 Å². The molecule has 0 spiro atoms. The zero-order chi connectivity index (χ0) is 9.10. The van der Waals surface area contributed by atoms with Gasteiger partial charge >= 0.3 is 0 Å². The van der Waals surface area contributed by atoms with E-state index in [2.05, 4.69) is 31.2 Å². The van der Waals surface area contributed by atoms with Crippen molar-refractivity contribution in [3.05, 3.63) is 48.0 Å². The van der Waals surface area contributed by atoms with Crippen molar-refractivity contribution in [1.29, 1.82) is 0 Å². The number of hydrogen-bond donors (Lipinski definition) is 0. The Kier molecular flexibility index (Phi) is 2.46. The van der Waals surface area contributed by atoms with Crippen LogP contribution >= 0.6 is 0 Å². The highest BCUT2D eigenvalue weighted by atomic mass is 16.5. The van der Waals surface area contributed by atoms with E-state index < -0.39 is 0 Å². The first-order chi connectivity index (χ1) is 6.36. The van der Waals surface area contributed by atoms with Gasteiger partial charge in [0.05, 0.1) is 6.10 Å². The maximum Gasteiger partial charge on any atom is 0.101 e. The molecule has 1 heterocycles. The van der Waals surface area contributed by atoms with Crippen LogP contribution in [0.15, 0.2) is 42.5 Å². The smallest absolute Gasteiger partial charge is 0.101 e. The molecule has 1 heteroatoms. The lowest BCUT2D eigenvalue weighted by Gasteiger charge is -2.23. The first-order valence-electron chi connectivity index (χ1n) is 4.73. The Bertz CT molecular complexity index is 289. The Labute approximate surface area is 79.0 Å². The molecule has 0 bridgehead atoms. The first-order valence-corrected chi connectivity index (χ1v) is 4.73. The van der Waals surface area contributed by atoms with Gasteiger partial charge in [0.2, 0.25) is 0 Å². The third kappa shape index (κ3) is 1.99. The summed E-state index contributed by atoms with van der Waals surface area (Å²) in [5.74, 6) is 0. The molecule has 0 saturated carbocycles. The molecule has 2 rings (SSSR count). The van der Waals surface area contributed by atoms with Gasteiger partial charge in [0.1, 0.15) is 6.10 Å². The molecule has 1 aromatic carbocycles. The summed E-state index contributed by atoms with van der Waals surface area (Å²) in [4.78, 5) is 0. The van der Waals surface area contributed by atoms with E-state index in [-0.39, 0.29) is 6.10 Å². The number of hydrogen-bond acceptors (Lipinski definition) is 1. The van der Waals surface area contributed by atoms with Crippen LogP contribution in [-0.4, -0.2) is 6.10 Å². The highest BCUT2D eigenvalue weighted by molar-refractivity contribution is 5.22. The molecule has 2 atom stereocenters. The Morgan fingerprint density at radius 3 is 2.69 bits per heavy atom. The van der Waals surface area contributed by atoms with Crippen molar-refractivity contribution in [3.8, 4) is 0 Å². The average Bonchev–Trinajstić information content (AvgIpc) is 2.19. The van der Waals surface area contributed by atoms with Crippen LogP contribution in [0.4, 0.5) is 0 Å². The van der Waals surface area contributed by atoms with Crippen LogP contribution in [0.5, 0.6) is 0 Å². The molecule has 68 valence electrons. The Morgan fingerprint density at radius 2 is 2.00 bits per heavy atom. The fourth-order valence-corrected chi connectivity index (χ4v) is 1.58. The van der Waals surface area contributed by atoms with Gasteiger partial charge in [0, 0.05) is 0 Å². The molecule has 0 radical (unpaired) electrons. The van der Waals surface area contributed by atoms with Crippen LogP contribution in [-0.2, 0) is 4.74 Å². The fourth-order valence-electron chi connectivity index (χ4n) is 1.58. The molecule has 13 heavy (non-hydrogen) atoms. The quantitative estimate of drug-likeness (QED) is 0.594. The predicted octanol–water partition coefficient (Wildman–Crippen LogP) is 3.09. The van der Waals surface area contributed by atoms with Crippen molar-refractivity contribution in [2.45, 2.75) is 25.6 Å². The van der Waals surface area contributed by atoms with Crippen LogP contribution in [0.2, 0.25) is 0 Å². The van der Waals surface area contributed by atoms with Crippen LogP contribution in [0.25, 0.3) is 0 Å². The van der Waals surface area contributed by atoms with E-state index in [9.17, 15) is 0 Å². The minimum atomic E-state index is 0.157. The van der Waals surface area contributed by atoms with Crippen molar-refractivity contribution in [2.75, 3.05) is 0 Å². The molecule has 1 unspecified atom stereocenters. The number of rotatable bonds is 1. The summed E-state index contributed by atoms with van der Waals surface area (Å²) < 4.78 is 5.79. The predicted molar refractivity (Wildman–Crippen MR) is 53.5 cm³/mol. The maximum absolute atomic E-state index is 5.79. The van der Waals surface area contributed by atoms with Gasteiger partial charge in [-0.05, 0) is 18.9 Å². The van der Waals surface area contributed by atoms with Gasteiger partial charge in [-0.25, -0.2) is 0 Å². The van der Waals surface area contributed by atoms with E-state index in [1.807, 2.05) is 18.2 Å². The third-order valence-electron chi connectivity index (χ3n) is 2.29. The van der Waals surface area contributed by atoms with Crippen LogP contribution in [0, 0.1) is 0 Å². The molecule has 1 aromatic rings. The van der Waals surface area contributed by atoms with Gasteiger partial charge in [-0.1, -0.05) is 42.5 Å². The monoisotopic (exact) mass is 174 g/mol. The second-order valence-electron chi connectivity index (χ2n) is 3.44. The molecule has 0 aromatic heterocycles. The molecular formula is C12H14O. The fraction of sp³-hybridized carbons (Fsp3) is 0.333. The van der Waals surface area contributed by atoms with Crippen molar-refractivity contribution in [2.24, 2.45) is 0 Å². The van der Waals surface area contributed by atoms with Gasteiger partial charge in [0.25, 0.3) is 0 Å². The standard InChI is InChI=1S/C12H14O/c1-10-6-5-9-12(13-10)11-7-3-2-4-8-11/h2-5,7-10,12H,6H2,1H3/t10?,12-/m1/s1. The lowest BCUT2D eigenvalue weighted by molar-refractivity contribution is 0.0165. The van der Waals surface area contributed by atoms with E-state index >= 15 is 0 Å². The van der Waals surface area contributed by atoms with E-state index in [1.165, 1.54) is 5.56 Å². The second-order valence-corrected chi connectivity index (χ2v) is 3.44. The van der Waals surface area contributed by atoms with Gasteiger partial charge in [-0.2, -0.15) is 0 Å². The molecule has 1 aliphatic heterocycles. The average molecular weight is 174 g/mol. The molecule has 1 aliphatic rings. The summed E-state index contributed by atoms with van der Waals surface area (Å²) in [6.07, 6.45) is 5.87. The van der Waals surface area contributed by atoms with E-state index in [1.54, 1.807) is 0 Å². The minimum absolute atomic E-state index is 0.157. The molecule has 0 aliphatic carbocycles. The van der Waals surface area contributed by atoms with E-state index in [0.717, 1.165) is 6.42 Å². The third-order valence-corrected chi connectivity index (χ3v) is 2.29. The van der Waals surface area contributed by atoms with Gasteiger partial charge in [0.15, 0.2) is 0 Å². The lowest BCUT2D eigenvalue weighted by Crippen LogP contribution is -2.15. The highest BCUT2D eigenvalue weighted by Crippen LogP contribution is 2.25. The normalized spacial score (nSPS) is 27.5. The Morgan fingerprint density at radius 1 is 1.23 bits per heavy atom. The summed E-state index contributed by atoms with van der Waals surface area (Å²) in [6, 6.07) is 10.3. The zero-order valence-corrected chi connectivity index (χ0v) is 7.81. The molecule has 0 saturated heterocycles. The number of ether oxygens (including phenoxy) is 1. The van der Waals surface area contributed by atoms with Crippen LogP contribution < -0.4 is 0 Å². The summed E-state index contributed by atoms with van der Waals surface area (Å²) in [5, 5.41) is 0. The molecule has 0 fully saturated rings. The van der Waals surface area contributed by atoms with Gasteiger partial charge < -0.3 is 4.74 Å². The largest absolute Gasteiger partial charge is 0.366 e. The molecule has 0 N–H and O–H groups in total. The van der Waals surface area contributed by atoms with Gasteiger partial charge in [-0.15, -0.1) is 0 Å². The SMILES string of the molecule is CC1CC=C[C@H](c2ccccc2)O1. The Hall–Kier alpha value is -1.08. The molecular weight excluding hydrogens is 160 g/mol. The topological polar surface area (TPSA) is 9.23 Å². The Balaban J connectivity index is 2.18. The number of benzene rings is 1. The van der Waals surface area contributed by atoms with Crippen molar-refractivity contribution < 1.29 is 4.74 Å². The molecule has 0 amide bonds. The summed E-state index contributed by atoms with van der Waals surface area (Å²) >= 11 is 0. The van der Waals surface area contributed by atoms with Crippen molar-refractivity contribution >= 4 is 0 Å². The van der Waals surface area contributed by atoms with Gasteiger partial charge in [-0.3, -0.25) is 0 Å². The summed E-state index contributed by atoms with van der Waals surface area (Å²) in [5.41, 5.74) is 1.24. The summed E-state index contributed by atoms with van der Waals surface area (Å²) in [7, 11) is 0. The zero-order valence-electron chi connectivity index (χ0n) is 7.81. The lowest BCUT2D eigenvalue weighted by atomic mass is 10.1. The minimum Gasteiger partial charge on any atom is -0.366 e. The van der Waals surface area contributed by atoms with E-state index in [4.69, 9.17) is 4.74 Å². The maximum atomic E-state index is 5.79. The summed E-state index contributed by atoms with van der Waals surface area (Å²) in [6.45, 7) is 2.11. The van der Waals surface area contributed by atoms with Crippen LogP contribution in [0.3, 0.4) is 0 Å². The van der Waals surface area contributed by atoms with Crippen molar-refractivity contribution in [3.63, 3.8) is 0 Å². The highest BCUT2D eigenvalue weighted by Gasteiger charge is 2.15. The second kappa shape index (κ2) is 3.75. The van der Waals surface area contributed by atoms with E-state index in [0.29, 0.717) is 6.10 Å². The molecule has 1 nitrogen and oxygen atoms in total. The van der Waals surface area contributed by atoms with Crippen LogP contribution in [0.1, 0.15) is 25.0 Å². The first kappa shape index (κ1) is 8.52.